The quantitative estimate of drug-likeness (QED) is 0.775. The summed E-state index contributed by atoms with van der Waals surface area (Å²) in [5.41, 5.74) is 10.8. The van der Waals surface area contributed by atoms with Gasteiger partial charge in [0.25, 0.3) is 0 Å². The van der Waals surface area contributed by atoms with Gasteiger partial charge in [0, 0.05) is 13.0 Å². The van der Waals surface area contributed by atoms with Gasteiger partial charge in [0.2, 0.25) is 11.8 Å². The van der Waals surface area contributed by atoms with Crippen molar-refractivity contribution in [3.8, 4) is 0 Å². The third kappa shape index (κ3) is 2.21. The van der Waals surface area contributed by atoms with Gasteiger partial charge in [0.15, 0.2) is 11.6 Å². The van der Waals surface area contributed by atoms with Gasteiger partial charge in [0.1, 0.15) is 4.60 Å². The lowest BCUT2D eigenvalue weighted by atomic mass is 10.1. The van der Waals surface area contributed by atoms with Crippen LogP contribution in [0.25, 0.3) is 0 Å². The average molecular weight is 300 g/mol. The van der Waals surface area contributed by atoms with E-state index < -0.39 is 11.8 Å². The molecule has 1 saturated heterocycles. The number of carbonyl (C=O) groups excluding carboxylic acids is 2. The Kier molecular flexibility index (Phi) is 2.97. The van der Waals surface area contributed by atoms with E-state index in [9.17, 15) is 9.59 Å². The molecule has 0 saturated carbocycles. The number of anilines is 2. The summed E-state index contributed by atoms with van der Waals surface area (Å²) in [5.74, 6) is -0.822. The third-order valence-corrected chi connectivity index (χ3v) is 2.92. The van der Waals surface area contributed by atoms with Gasteiger partial charge in [-0.2, -0.15) is 0 Å². The molecular weight excluding hydrogens is 290 g/mol. The maximum absolute atomic E-state index is 11.7. The molecule has 0 spiro atoms. The Morgan fingerprint density at radius 1 is 1.59 bits per heavy atom. The van der Waals surface area contributed by atoms with Crippen molar-refractivity contribution in [2.75, 3.05) is 17.2 Å². The summed E-state index contributed by atoms with van der Waals surface area (Å²) in [7, 11) is 0. The van der Waals surface area contributed by atoms with E-state index in [2.05, 4.69) is 25.9 Å². The molecule has 1 aromatic heterocycles. The topological polar surface area (TPSA) is 115 Å². The highest BCUT2D eigenvalue weighted by Crippen LogP contribution is 2.27. The van der Waals surface area contributed by atoms with E-state index in [0.29, 0.717) is 4.60 Å². The number of carbonyl (C=O) groups is 2. The van der Waals surface area contributed by atoms with Crippen LogP contribution in [0.3, 0.4) is 0 Å². The molecule has 0 aromatic carbocycles. The van der Waals surface area contributed by atoms with E-state index in [-0.39, 0.29) is 30.5 Å². The van der Waals surface area contributed by atoms with Gasteiger partial charge < -0.3 is 11.5 Å². The largest absolute Gasteiger partial charge is 0.381 e. The number of halogens is 1. The molecule has 8 heteroatoms. The summed E-state index contributed by atoms with van der Waals surface area (Å²) >= 11 is 3.15. The van der Waals surface area contributed by atoms with Crippen LogP contribution in [-0.2, 0) is 9.59 Å². The maximum Gasteiger partial charge on any atom is 0.229 e. The van der Waals surface area contributed by atoms with Crippen LogP contribution >= 0.6 is 15.9 Å². The van der Waals surface area contributed by atoms with E-state index in [1.807, 2.05) is 0 Å². The molecule has 0 aliphatic carbocycles. The van der Waals surface area contributed by atoms with E-state index in [4.69, 9.17) is 11.5 Å². The van der Waals surface area contributed by atoms with Crippen molar-refractivity contribution in [1.82, 2.24) is 9.97 Å². The first-order valence-electron chi connectivity index (χ1n) is 4.86. The second-order valence-electron chi connectivity index (χ2n) is 3.71. The summed E-state index contributed by atoms with van der Waals surface area (Å²) in [4.78, 5) is 32.1. The fraction of sp³-hybridized carbons (Fsp3) is 0.333. The van der Waals surface area contributed by atoms with Crippen molar-refractivity contribution >= 4 is 39.4 Å². The number of nitrogens with zero attached hydrogens (tertiary/aromatic N) is 3. The number of rotatable bonds is 2. The van der Waals surface area contributed by atoms with Crippen LogP contribution in [0.2, 0.25) is 0 Å². The van der Waals surface area contributed by atoms with Crippen LogP contribution in [0.1, 0.15) is 6.42 Å². The summed E-state index contributed by atoms with van der Waals surface area (Å²) in [5, 5.41) is 0. The van der Waals surface area contributed by atoms with Crippen molar-refractivity contribution in [2.24, 2.45) is 11.7 Å². The molecule has 1 fully saturated rings. The minimum atomic E-state index is -0.498. The van der Waals surface area contributed by atoms with Gasteiger partial charge in [-0.3, -0.25) is 14.5 Å². The van der Waals surface area contributed by atoms with Crippen molar-refractivity contribution in [2.45, 2.75) is 6.42 Å². The third-order valence-electron chi connectivity index (χ3n) is 2.54. The zero-order valence-electron chi connectivity index (χ0n) is 8.76. The molecule has 1 aromatic rings. The summed E-state index contributed by atoms with van der Waals surface area (Å²) in [6, 6.07) is 0. The highest BCUT2D eigenvalue weighted by molar-refractivity contribution is 9.10. The smallest absolute Gasteiger partial charge is 0.229 e. The zero-order valence-corrected chi connectivity index (χ0v) is 10.3. The van der Waals surface area contributed by atoms with Crippen molar-refractivity contribution in [3.63, 3.8) is 0 Å². The first kappa shape index (κ1) is 11.8. The van der Waals surface area contributed by atoms with E-state index >= 15 is 0 Å². The van der Waals surface area contributed by atoms with Crippen LogP contribution in [-0.4, -0.2) is 28.3 Å². The Balaban J connectivity index is 2.32. The molecule has 1 atom stereocenters. The normalized spacial score (nSPS) is 19.7. The summed E-state index contributed by atoms with van der Waals surface area (Å²) in [6.07, 6.45) is 1.52. The number of hydrogen-bond donors (Lipinski definition) is 2. The number of nitrogen functional groups attached to an aromatic ring is 1. The van der Waals surface area contributed by atoms with Gasteiger partial charge in [-0.15, -0.1) is 0 Å². The second kappa shape index (κ2) is 4.28. The predicted molar refractivity (Wildman–Crippen MR) is 63.8 cm³/mol. The van der Waals surface area contributed by atoms with Crippen LogP contribution in [0.15, 0.2) is 10.8 Å². The number of hydrogen-bond acceptors (Lipinski definition) is 5. The Labute approximate surface area is 105 Å². The number of aromatic nitrogens is 2. The standard InChI is InChI=1S/C9H10BrN5O2/c10-5-2-13-7(11)9(14-5)15-3-4(8(12)17)1-6(15)16/h2,4H,1,3H2,(H2,11,13)(H2,12,17). The molecule has 90 valence electrons. The molecule has 2 rings (SSSR count). The van der Waals surface area contributed by atoms with Crippen LogP contribution in [0.5, 0.6) is 0 Å². The molecule has 2 amide bonds. The Morgan fingerprint density at radius 2 is 2.29 bits per heavy atom. The van der Waals surface area contributed by atoms with Crippen molar-refractivity contribution in [1.29, 1.82) is 0 Å². The lowest BCUT2D eigenvalue weighted by molar-refractivity contribution is -0.123. The molecule has 4 N–H and O–H groups in total. The zero-order chi connectivity index (χ0) is 12.6. The maximum atomic E-state index is 11.7. The fourth-order valence-corrected chi connectivity index (χ4v) is 1.94. The van der Waals surface area contributed by atoms with Crippen LogP contribution in [0, 0.1) is 5.92 Å². The minimum absolute atomic E-state index is 0.0863. The lowest BCUT2D eigenvalue weighted by Crippen LogP contribution is -2.29. The number of amides is 2. The van der Waals surface area contributed by atoms with Crippen molar-refractivity contribution in [3.05, 3.63) is 10.8 Å². The highest BCUT2D eigenvalue weighted by Gasteiger charge is 2.35. The Hall–Kier alpha value is -1.70. The molecule has 7 nitrogen and oxygen atoms in total. The molecule has 1 unspecified atom stereocenters. The lowest BCUT2D eigenvalue weighted by Gasteiger charge is -2.16. The summed E-state index contributed by atoms with van der Waals surface area (Å²) in [6.45, 7) is 0.198. The van der Waals surface area contributed by atoms with E-state index in [1.165, 1.54) is 11.1 Å². The molecule has 1 aliphatic rings. The first-order valence-corrected chi connectivity index (χ1v) is 5.66. The number of primary amides is 1. The minimum Gasteiger partial charge on any atom is -0.381 e. The molecule has 2 heterocycles. The highest BCUT2D eigenvalue weighted by atomic mass is 79.9. The Morgan fingerprint density at radius 3 is 2.88 bits per heavy atom. The average Bonchev–Trinajstić information content (AvgIpc) is 2.64. The second-order valence-corrected chi connectivity index (χ2v) is 4.52. The van der Waals surface area contributed by atoms with E-state index in [0.717, 1.165) is 0 Å². The first-order chi connectivity index (χ1) is 7.99. The SMILES string of the molecule is NC(=O)C1CC(=O)N(c2nc(Br)cnc2N)C1. The van der Waals surface area contributed by atoms with E-state index in [1.54, 1.807) is 0 Å². The van der Waals surface area contributed by atoms with Crippen LogP contribution in [0.4, 0.5) is 11.6 Å². The molecular formula is C9H10BrN5O2. The molecule has 17 heavy (non-hydrogen) atoms. The van der Waals surface area contributed by atoms with Gasteiger partial charge in [-0.05, 0) is 15.9 Å². The van der Waals surface area contributed by atoms with Gasteiger partial charge >= 0.3 is 0 Å². The monoisotopic (exact) mass is 299 g/mol. The summed E-state index contributed by atoms with van der Waals surface area (Å²) < 4.78 is 0.469. The Bertz CT molecular complexity index is 492. The van der Waals surface area contributed by atoms with Crippen LogP contribution < -0.4 is 16.4 Å². The van der Waals surface area contributed by atoms with Gasteiger partial charge in [-0.25, -0.2) is 9.97 Å². The van der Waals surface area contributed by atoms with Gasteiger partial charge in [-0.1, -0.05) is 0 Å². The molecule has 0 radical (unpaired) electrons. The molecule has 1 aliphatic heterocycles. The number of nitrogens with two attached hydrogens (primary N) is 2. The van der Waals surface area contributed by atoms with Crippen molar-refractivity contribution < 1.29 is 9.59 Å². The van der Waals surface area contributed by atoms with Gasteiger partial charge in [0.05, 0.1) is 12.1 Å². The predicted octanol–water partition coefficient (Wildman–Crippen LogP) is -0.341. The molecule has 0 bridgehead atoms. The fourth-order valence-electron chi connectivity index (χ4n) is 1.67.